The van der Waals surface area contributed by atoms with Crippen molar-refractivity contribution in [1.29, 1.82) is 0 Å². The molecule has 0 amide bonds. The van der Waals surface area contributed by atoms with Crippen LogP contribution in [-0.2, 0) is 6.54 Å². The molecule has 0 radical (unpaired) electrons. The van der Waals surface area contributed by atoms with E-state index in [4.69, 9.17) is 5.10 Å². The summed E-state index contributed by atoms with van der Waals surface area (Å²) in [4.78, 5) is 4.86. The Morgan fingerprint density at radius 2 is 1.79 bits per heavy atom. The van der Waals surface area contributed by atoms with E-state index < -0.39 is 0 Å². The number of aromatic nitrogens is 2. The van der Waals surface area contributed by atoms with Crippen molar-refractivity contribution in [2.45, 2.75) is 12.6 Å². The Balaban J connectivity index is 1.54. The largest absolute Gasteiger partial charge is 0.311 e. The zero-order valence-corrected chi connectivity index (χ0v) is 17.7. The van der Waals surface area contributed by atoms with Crippen molar-refractivity contribution < 1.29 is 0 Å². The van der Waals surface area contributed by atoms with Gasteiger partial charge in [0.25, 0.3) is 0 Å². The fourth-order valence-electron chi connectivity index (χ4n) is 3.23. The highest BCUT2D eigenvalue weighted by atomic mass is 32.1. The normalized spacial score (nSPS) is 12.5. The van der Waals surface area contributed by atoms with Crippen molar-refractivity contribution in [2.24, 2.45) is 0 Å². The summed E-state index contributed by atoms with van der Waals surface area (Å²) in [6, 6.07) is 19.2. The van der Waals surface area contributed by atoms with Crippen molar-refractivity contribution in [1.82, 2.24) is 20.0 Å². The van der Waals surface area contributed by atoms with E-state index in [0.29, 0.717) is 6.04 Å². The molecule has 0 saturated heterocycles. The molecule has 4 nitrogen and oxygen atoms in total. The molecular formula is C22H24N4S2. The first-order chi connectivity index (χ1) is 13.7. The zero-order valence-electron chi connectivity index (χ0n) is 16.1. The molecule has 0 unspecified atom stereocenters. The van der Waals surface area contributed by atoms with Gasteiger partial charge in [0.15, 0.2) is 0 Å². The number of nitrogens with zero attached hydrogens (tertiary/aromatic N) is 3. The van der Waals surface area contributed by atoms with Crippen LogP contribution in [0.1, 0.15) is 16.5 Å². The van der Waals surface area contributed by atoms with Gasteiger partial charge in [-0.1, -0.05) is 30.3 Å². The molecule has 0 fully saturated rings. The quantitative estimate of drug-likeness (QED) is 0.443. The van der Waals surface area contributed by atoms with E-state index in [9.17, 15) is 0 Å². The monoisotopic (exact) mass is 408 g/mol. The third-order valence-corrected chi connectivity index (χ3v) is 6.56. The van der Waals surface area contributed by atoms with Gasteiger partial charge in [0, 0.05) is 29.7 Å². The number of nitrogens with one attached hydrogen (secondary N) is 1. The van der Waals surface area contributed by atoms with Gasteiger partial charge in [0.05, 0.1) is 16.6 Å². The molecule has 6 heteroatoms. The highest BCUT2D eigenvalue weighted by Crippen LogP contribution is 2.28. The van der Waals surface area contributed by atoms with Gasteiger partial charge in [-0.3, -0.25) is 0 Å². The summed E-state index contributed by atoms with van der Waals surface area (Å²) in [6.45, 7) is 1.68. The second kappa shape index (κ2) is 8.84. The average Bonchev–Trinajstić information content (AvgIpc) is 3.47. The summed E-state index contributed by atoms with van der Waals surface area (Å²) in [5.74, 6) is 0. The maximum absolute atomic E-state index is 4.88. The van der Waals surface area contributed by atoms with E-state index in [1.165, 1.54) is 15.3 Å². The lowest BCUT2D eigenvalue weighted by Crippen LogP contribution is -2.30. The highest BCUT2D eigenvalue weighted by molar-refractivity contribution is 7.13. The fourth-order valence-corrected chi connectivity index (χ4v) is 4.90. The predicted octanol–water partition coefficient (Wildman–Crippen LogP) is 5.05. The van der Waals surface area contributed by atoms with Gasteiger partial charge in [0.2, 0.25) is 0 Å². The minimum Gasteiger partial charge on any atom is -0.311 e. The summed E-state index contributed by atoms with van der Waals surface area (Å²) in [5.41, 5.74) is 3.36. The van der Waals surface area contributed by atoms with Crippen LogP contribution in [-0.4, -0.2) is 35.3 Å². The van der Waals surface area contributed by atoms with E-state index in [1.54, 1.807) is 11.3 Å². The molecular weight excluding hydrogens is 384 g/mol. The molecule has 4 rings (SSSR count). The van der Waals surface area contributed by atoms with E-state index in [2.05, 4.69) is 77.7 Å². The molecule has 1 atom stereocenters. The number of thiophene rings is 2. The molecule has 28 heavy (non-hydrogen) atoms. The van der Waals surface area contributed by atoms with Gasteiger partial charge >= 0.3 is 0 Å². The summed E-state index contributed by atoms with van der Waals surface area (Å²) < 4.78 is 1.98. The van der Waals surface area contributed by atoms with Crippen LogP contribution in [0.4, 0.5) is 0 Å². The summed E-state index contributed by atoms with van der Waals surface area (Å²) in [5, 5.41) is 12.8. The van der Waals surface area contributed by atoms with Crippen molar-refractivity contribution >= 4 is 22.7 Å². The number of hydrogen-bond acceptors (Lipinski definition) is 5. The Morgan fingerprint density at radius 1 is 1.00 bits per heavy atom. The summed E-state index contributed by atoms with van der Waals surface area (Å²) in [6.07, 6.45) is 2.15. The second-order valence-corrected chi connectivity index (χ2v) is 8.81. The topological polar surface area (TPSA) is 33.1 Å². The van der Waals surface area contributed by atoms with Crippen molar-refractivity contribution in [2.75, 3.05) is 20.6 Å². The predicted molar refractivity (Wildman–Crippen MR) is 119 cm³/mol. The highest BCUT2D eigenvalue weighted by Gasteiger charge is 2.17. The van der Waals surface area contributed by atoms with E-state index in [-0.39, 0.29) is 0 Å². The molecule has 0 spiro atoms. The molecule has 0 aliphatic carbocycles. The van der Waals surface area contributed by atoms with E-state index >= 15 is 0 Å². The van der Waals surface area contributed by atoms with Gasteiger partial charge in [-0.15, -0.1) is 22.7 Å². The maximum Gasteiger partial charge on any atom is 0.107 e. The van der Waals surface area contributed by atoms with Crippen LogP contribution in [0.3, 0.4) is 0 Å². The lowest BCUT2D eigenvalue weighted by molar-refractivity contribution is 0.292. The Labute approximate surface area is 174 Å². The number of para-hydroxylation sites is 1. The Bertz CT molecular complexity index is 973. The first-order valence-corrected chi connectivity index (χ1v) is 11.1. The average molecular weight is 409 g/mol. The molecule has 144 valence electrons. The van der Waals surface area contributed by atoms with E-state index in [0.717, 1.165) is 24.5 Å². The third-order valence-electron chi connectivity index (χ3n) is 4.71. The standard InChI is InChI=1S/C22H24N4S2/c1-25(2)19(20-10-6-12-27-20)15-23-14-17-16-26(18-8-4-3-5-9-18)24-22(17)21-11-7-13-28-21/h3-13,16,19,23H,14-15H2,1-2H3/t19-/m1/s1. The Kier molecular flexibility index (Phi) is 6.02. The number of hydrogen-bond donors (Lipinski definition) is 1. The minimum atomic E-state index is 0.370. The first kappa shape index (κ1) is 19.1. The maximum atomic E-state index is 4.88. The molecule has 3 aromatic heterocycles. The van der Waals surface area contributed by atoms with Crippen LogP contribution in [0, 0.1) is 0 Å². The Hall–Kier alpha value is -2.25. The molecule has 0 aliphatic heterocycles. The molecule has 0 bridgehead atoms. The van der Waals surface area contributed by atoms with Gasteiger partial charge < -0.3 is 10.2 Å². The van der Waals surface area contributed by atoms with Crippen LogP contribution in [0.25, 0.3) is 16.3 Å². The lowest BCUT2D eigenvalue weighted by atomic mass is 10.2. The molecule has 0 aliphatic rings. The molecule has 1 aromatic carbocycles. The van der Waals surface area contributed by atoms with Gasteiger partial charge in [-0.05, 0) is 49.1 Å². The molecule has 1 N–H and O–H groups in total. The first-order valence-electron chi connectivity index (χ1n) is 9.31. The number of likely N-dealkylation sites (N-methyl/N-ethyl adjacent to an activating group) is 1. The minimum absolute atomic E-state index is 0.370. The van der Waals surface area contributed by atoms with Crippen LogP contribution in [0.5, 0.6) is 0 Å². The molecule has 0 saturated carbocycles. The van der Waals surface area contributed by atoms with Crippen molar-refractivity contribution in [3.63, 3.8) is 0 Å². The Morgan fingerprint density at radius 3 is 2.46 bits per heavy atom. The number of benzene rings is 1. The van der Waals surface area contributed by atoms with E-state index in [1.807, 2.05) is 34.2 Å². The van der Waals surface area contributed by atoms with Crippen LogP contribution in [0.15, 0.2) is 71.6 Å². The second-order valence-electron chi connectivity index (χ2n) is 6.89. The van der Waals surface area contributed by atoms with Crippen molar-refractivity contribution in [3.05, 3.63) is 82.0 Å². The number of rotatable bonds is 8. The molecule has 4 aromatic rings. The van der Waals surface area contributed by atoms with Crippen LogP contribution in [0.2, 0.25) is 0 Å². The zero-order chi connectivity index (χ0) is 19.3. The van der Waals surface area contributed by atoms with Crippen LogP contribution >= 0.6 is 22.7 Å². The molecule has 3 heterocycles. The van der Waals surface area contributed by atoms with Crippen molar-refractivity contribution in [3.8, 4) is 16.3 Å². The third kappa shape index (κ3) is 4.25. The van der Waals surface area contributed by atoms with Crippen LogP contribution < -0.4 is 5.32 Å². The van der Waals surface area contributed by atoms with Gasteiger partial charge in [-0.2, -0.15) is 5.10 Å². The fraction of sp³-hybridized carbons (Fsp3) is 0.227. The van der Waals surface area contributed by atoms with Gasteiger partial charge in [-0.25, -0.2) is 4.68 Å². The summed E-state index contributed by atoms with van der Waals surface area (Å²) >= 11 is 3.54. The van der Waals surface area contributed by atoms with Gasteiger partial charge in [0.1, 0.15) is 5.69 Å². The summed E-state index contributed by atoms with van der Waals surface area (Å²) in [7, 11) is 4.27. The SMILES string of the molecule is CN(C)[C@H](CNCc1cn(-c2ccccc2)nc1-c1cccs1)c1cccs1. The smallest absolute Gasteiger partial charge is 0.107 e. The lowest BCUT2D eigenvalue weighted by Gasteiger charge is -2.23.